The Hall–Kier alpha value is -3.47. The van der Waals surface area contributed by atoms with Gasteiger partial charge in [0.2, 0.25) is 5.91 Å². The lowest BCUT2D eigenvalue weighted by Crippen LogP contribution is -2.32. The van der Waals surface area contributed by atoms with Gasteiger partial charge in [-0.15, -0.1) is 0 Å². The van der Waals surface area contributed by atoms with E-state index in [9.17, 15) is 9.59 Å². The average molecular weight is 399 g/mol. The molecule has 0 unspecified atom stereocenters. The van der Waals surface area contributed by atoms with Crippen LogP contribution in [0.15, 0.2) is 67.0 Å². The first-order valence-corrected chi connectivity index (χ1v) is 10.2. The molecule has 2 aromatic carbocycles. The third-order valence-electron chi connectivity index (χ3n) is 5.55. The molecule has 2 amide bonds. The Labute approximate surface area is 176 Å². The molecular formula is C25H25N3O2. The first kappa shape index (κ1) is 19.8. The van der Waals surface area contributed by atoms with Gasteiger partial charge in [0.15, 0.2) is 0 Å². The summed E-state index contributed by atoms with van der Waals surface area (Å²) in [6.07, 6.45) is 5.89. The lowest BCUT2D eigenvalue weighted by molar-refractivity contribution is 0.0734. The summed E-state index contributed by atoms with van der Waals surface area (Å²) in [6.45, 7) is 3.37. The van der Waals surface area contributed by atoms with Gasteiger partial charge in [-0.2, -0.15) is 0 Å². The third kappa shape index (κ3) is 4.57. The summed E-state index contributed by atoms with van der Waals surface area (Å²) in [5.74, 6) is 0.185. The van der Waals surface area contributed by atoms with Crippen molar-refractivity contribution < 1.29 is 9.59 Å². The van der Waals surface area contributed by atoms with E-state index < -0.39 is 5.91 Å². The first-order valence-electron chi connectivity index (χ1n) is 10.2. The molecule has 1 aliphatic carbocycles. The number of hydrogen-bond donors (Lipinski definition) is 1. The molecule has 3 aromatic rings. The van der Waals surface area contributed by atoms with E-state index in [0.717, 1.165) is 28.8 Å². The molecule has 1 heterocycles. The van der Waals surface area contributed by atoms with E-state index >= 15 is 0 Å². The molecule has 30 heavy (non-hydrogen) atoms. The maximum Gasteiger partial charge on any atom is 0.254 e. The zero-order valence-electron chi connectivity index (χ0n) is 17.0. The van der Waals surface area contributed by atoms with Crippen LogP contribution in [0.1, 0.15) is 44.7 Å². The van der Waals surface area contributed by atoms with Crippen LogP contribution in [0, 0.1) is 12.8 Å². The number of pyridine rings is 1. The second-order valence-corrected chi connectivity index (χ2v) is 7.96. The van der Waals surface area contributed by atoms with Crippen LogP contribution in [-0.4, -0.2) is 28.2 Å². The number of aryl methyl sites for hydroxylation is 1. The maximum atomic E-state index is 13.4. The molecule has 2 N–H and O–H groups in total. The molecule has 1 saturated carbocycles. The standard InChI is InChI=1S/C25H25N3O2/c1-17-2-5-22(14-23(17)20-6-8-21(9-7-20)24(26)29)25(30)28(15-18-3-4-18)16-19-10-12-27-13-11-19/h2,5-14,18H,3-4,15-16H2,1H3,(H2,26,29). The third-order valence-corrected chi connectivity index (χ3v) is 5.55. The molecule has 0 saturated heterocycles. The second kappa shape index (κ2) is 8.49. The van der Waals surface area contributed by atoms with Gasteiger partial charge in [0.1, 0.15) is 0 Å². The van der Waals surface area contributed by atoms with Crippen molar-refractivity contribution in [2.75, 3.05) is 6.54 Å². The van der Waals surface area contributed by atoms with Crippen LogP contribution in [0.25, 0.3) is 11.1 Å². The Kier molecular flexibility index (Phi) is 5.61. The fourth-order valence-electron chi connectivity index (χ4n) is 3.60. The van der Waals surface area contributed by atoms with Gasteiger partial charge in [-0.25, -0.2) is 0 Å². The lowest BCUT2D eigenvalue weighted by atomic mass is 9.96. The van der Waals surface area contributed by atoms with Crippen LogP contribution >= 0.6 is 0 Å². The highest BCUT2D eigenvalue weighted by Gasteiger charge is 2.27. The van der Waals surface area contributed by atoms with Crippen molar-refractivity contribution in [3.8, 4) is 11.1 Å². The topological polar surface area (TPSA) is 76.3 Å². The van der Waals surface area contributed by atoms with E-state index in [1.807, 2.05) is 54.3 Å². The summed E-state index contributed by atoms with van der Waals surface area (Å²) in [5, 5.41) is 0. The van der Waals surface area contributed by atoms with E-state index in [1.54, 1.807) is 24.5 Å². The Bertz CT molecular complexity index is 1060. The van der Waals surface area contributed by atoms with E-state index in [1.165, 1.54) is 12.8 Å². The highest BCUT2D eigenvalue weighted by Crippen LogP contribution is 2.31. The molecule has 1 aliphatic rings. The molecule has 0 spiro atoms. The van der Waals surface area contributed by atoms with Gasteiger partial charge in [0, 0.05) is 36.6 Å². The predicted octanol–water partition coefficient (Wildman–Crippen LogP) is 4.21. The number of aromatic nitrogens is 1. The molecule has 0 atom stereocenters. The van der Waals surface area contributed by atoms with E-state index in [2.05, 4.69) is 4.98 Å². The molecule has 0 bridgehead atoms. The number of primary amides is 1. The van der Waals surface area contributed by atoms with Gasteiger partial charge in [-0.05, 0) is 84.3 Å². The molecule has 152 valence electrons. The van der Waals surface area contributed by atoms with Crippen LogP contribution in [0.2, 0.25) is 0 Å². The lowest BCUT2D eigenvalue weighted by Gasteiger charge is -2.23. The zero-order chi connectivity index (χ0) is 21.1. The smallest absolute Gasteiger partial charge is 0.254 e. The molecule has 1 fully saturated rings. The molecule has 0 aliphatic heterocycles. The highest BCUT2D eigenvalue weighted by molar-refractivity contribution is 5.96. The van der Waals surface area contributed by atoms with E-state index in [0.29, 0.717) is 23.6 Å². The van der Waals surface area contributed by atoms with E-state index in [-0.39, 0.29) is 5.91 Å². The van der Waals surface area contributed by atoms with Gasteiger partial charge in [0.25, 0.3) is 5.91 Å². The largest absolute Gasteiger partial charge is 0.366 e. The molecule has 1 aromatic heterocycles. The minimum absolute atomic E-state index is 0.0359. The normalized spacial score (nSPS) is 13.1. The SMILES string of the molecule is Cc1ccc(C(=O)N(Cc2ccncc2)CC2CC2)cc1-c1ccc(C(N)=O)cc1. The Morgan fingerprint density at radius 2 is 1.67 bits per heavy atom. The monoisotopic (exact) mass is 399 g/mol. The Balaban J connectivity index is 1.62. The van der Waals surface area contributed by atoms with Crippen LogP contribution in [0.3, 0.4) is 0 Å². The van der Waals surface area contributed by atoms with Crippen LogP contribution in [-0.2, 0) is 6.54 Å². The summed E-state index contributed by atoms with van der Waals surface area (Å²) in [6, 6.07) is 16.9. The second-order valence-electron chi connectivity index (χ2n) is 7.96. The summed E-state index contributed by atoms with van der Waals surface area (Å²) in [7, 11) is 0. The van der Waals surface area contributed by atoms with Gasteiger partial charge in [0.05, 0.1) is 0 Å². The van der Waals surface area contributed by atoms with Gasteiger partial charge < -0.3 is 10.6 Å². The molecule has 5 nitrogen and oxygen atoms in total. The number of nitrogens with zero attached hydrogens (tertiary/aromatic N) is 2. The fourth-order valence-corrected chi connectivity index (χ4v) is 3.60. The summed E-state index contributed by atoms with van der Waals surface area (Å²) < 4.78 is 0. The van der Waals surface area contributed by atoms with Crippen molar-refractivity contribution >= 4 is 11.8 Å². The minimum atomic E-state index is -0.450. The van der Waals surface area contributed by atoms with Gasteiger partial charge in [-0.3, -0.25) is 14.6 Å². The minimum Gasteiger partial charge on any atom is -0.366 e. The number of hydrogen-bond acceptors (Lipinski definition) is 3. The average Bonchev–Trinajstić information content (AvgIpc) is 3.58. The number of carbonyl (C=O) groups is 2. The Morgan fingerprint density at radius 1 is 1.00 bits per heavy atom. The summed E-state index contributed by atoms with van der Waals surface area (Å²) in [5.41, 5.74) is 10.6. The van der Waals surface area contributed by atoms with Crippen LogP contribution in [0.4, 0.5) is 0 Å². The number of rotatable bonds is 7. The summed E-state index contributed by atoms with van der Waals surface area (Å²) in [4.78, 5) is 30.8. The quantitative estimate of drug-likeness (QED) is 0.647. The number of nitrogens with two attached hydrogens (primary N) is 1. The number of amides is 2. The highest BCUT2D eigenvalue weighted by atomic mass is 16.2. The molecule has 4 rings (SSSR count). The maximum absolute atomic E-state index is 13.4. The number of carbonyl (C=O) groups excluding carboxylic acids is 2. The Morgan fingerprint density at radius 3 is 2.30 bits per heavy atom. The van der Waals surface area contributed by atoms with Crippen molar-refractivity contribution in [2.45, 2.75) is 26.3 Å². The number of benzene rings is 2. The van der Waals surface area contributed by atoms with Gasteiger partial charge >= 0.3 is 0 Å². The van der Waals surface area contributed by atoms with Crippen molar-refractivity contribution in [3.63, 3.8) is 0 Å². The van der Waals surface area contributed by atoms with Crippen LogP contribution in [0.5, 0.6) is 0 Å². The molecular weight excluding hydrogens is 374 g/mol. The molecule has 0 radical (unpaired) electrons. The van der Waals surface area contributed by atoms with Crippen molar-refractivity contribution in [2.24, 2.45) is 11.7 Å². The molecule has 5 heteroatoms. The zero-order valence-corrected chi connectivity index (χ0v) is 17.0. The van der Waals surface area contributed by atoms with Crippen molar-refractivity contribution in [3.05, 3.63) is 89.2 Å². The predicted molar refractivity (Wildman–Crippen MR) is 117 cm³/mol. The van der Waals surface area contributed by atoms with Crippen LogP contribution < -0.4 is 5.73 Å². The first-order chi connectivity index (χ1) is 14.5. The van der Waals surface area contributed by atoms with Gasteiger partial charge in [-0.1, -0.05) is 18.2 Å². The van der Waals surface area contributed by atoms with Crippen molar-refractivity contribution in [1.29, 1.82) is 0 Å². The fraction of sp³-hybridized carbons (Fsp3) is 0.240. The van der Waals surface area contributed by atoms with Crippen molar-refractivity contribution in [1.82, 2.24) is 9.88 Å². The summed E-state index contributed by atoms with van der Waals surface area (Å²) >= 11 is 0. The van der Waals surface area contributed by atoms with E-state index in [4.69, 9.17) is 5.73 Å².